The van der Waals surface area contributed by atoms with Crippen LogP contribution in [0.15, 0.2) is 54.1 Å². The zero-order valence-electron chi connectivity index (χ0n) is 18.0. The minimum absolute atomic E-state index is 0.00211. The van der Waals surface area contributed by atoms with E-state index in [0.717, 1.165) is 22.3 Å². The standard InChI is InChI=1S/C26H23NO5/c1-14-15(2)24-20(16(3)23(14)28)12-19(13-32-24)25(29)27-22-10-9-18(11-21(22)26(30)31)17-7-5-4-6-8-17/h4-12,28H,13H2,1-3H3,(H,27,29)(H,30,31). The number of benzene rings is 3. The highest BCUT2D eigenvalue weighted by atomic mass is 16.5. The van der Waals surface area contributed by atoms with E-state index >= 15 is 0 Å². The Kier molecular flexibility index (Phi) is 5.45. The molecule has 0 fully saturated rings. The Balaban J connectivity index is 1.66. The Morgan fingerprint density at radius 3 is 2.34 bits per heavy atom. The average molecular weight is 429 g/mol. The number of anilines is 1. The first-order valence-electron chi connectivity index (χ1n) is 10.2. The van der Waals surface area contributed by atoms with E-state index < -0.39 is 11.9 Å². The number of hydrogen-bond donors (Lipinski definition) is 3. The van der Waals surface area contributed by atoms with Gasteiger partial charge in [0.15, 0.2) is 0 Å². The van der Waals surface area contributed by atoms with Gasteiger partial charge >= 0.3 is 5.97 Å². The second kappa shape index (κ2) is 8.23. The summed E-state index contributed by atoms with van der Waals surface area (Å²) in [6.07, 6.45) is 1.69. The normalized spacial score (nSPS) is 12.4. The van der Waals surface area contributed by atoms with Crippen molar-refractivity contribution in [3.8, 4) is 22.6 Å². The van der Waals surface area contributed by atoms with Crippen molar-refractivity contribution in [3.05, 3.63) is 81.9 Å². The van der Waals surface area contributed by atoms with E-state index in [1.54, 1.807) is 31.2 Å². The number of ether oxygens (including phenoxy) is 1. The molecule has 3 aromatic carbocycles. The van der Waals surface area contributed by atoms with Crippen molar-refractivity contribution in [1.82, 2.24) is 0 Å². The summed E-state index contributed by atoms with van der Waals surface area (Å²) in [6.45, 7) is 5.50. The molecule has 1 aliphatic rings. The van der Waals surface area contributed by atoms with E-state index in [2.05, 4.69) is 5.32 Å². The van der Waals surface area contributed by atoms with Crippen molar-refractivity contribution < 1.29 is 24.5 Å². The zero-order chi connectivity index (χ0) is 23.0. The summed E-state index contributed by atoms with van der Waals surface area (Å²) in [5.41, 5.74) is 5.01. The average Bonchev–Trinajstić information content (AvgIpc) is 2.81. The van der Waals surface area contributed by atoms with Crippen LogP contribution in [0.2, 0.25) is 0 Å². The lowest BCUT2D eigenvalue weighted by atomic mass is 9.94. The lowest BCUT2D eigenvalue weighted by molar-refractivity contribution is -0.113. The number of phenols is 1. The number of hydrogen-bond acceptors (Lipinski definition) is 4. The molecule has 6 nitrogen and oxygen atoms in total. The molecule has 0 saturated heterocycles. The van der Waals surface area contributed by atoms with Gasteiger partial charge < -0.3 is 20.3 Å². The molecule has 0 radical (unpaired) electrons. The Morgan fingerprint density at radius 1 is 0.938 bits per heavy atom. The van der Waals surface area contributed by atoms with Crippen LogP contribution in [0.5, 0.6) is 11.5 Å². The Bertz CT molecular complexity index is 1280. The van der Waals surface area contributed by atoms with Gasteiger partial charge in [0.25, 0.3) is 5.91 Å². The fraction of sp³-hybridized carbons (Fsp3) is 0.154. The molecule has 0 aromatic heterocycles. The number of fused-ring (bicyclic) bond motifs is 1. The van der Waals surface area contributed by atoms with Crippen molar-refractivity contribution in [3.63, 3.8) is 0 Å². The summed E-state index contributed by atoms with van der Waals surface area (Å²) in [7, 11) is 0. The van der Waals surface area contributed by atoms with Crippen LogP contribution in [0.1, 0.15) is 32.6 Å². The van der Waals surface area contributed by atoms with Crippen LogP contribution in [-0.2, 0) is 4.79 Å². The molecule has 0 unspecified atom stereocenters. The molecule has 1 heterocycles. The molecule has 0 aliphatic carbocycles. The highest BCUT2D eigenvalue weighted by Gasteiger charge is 2.24. The smallest absolute Gasteiger partial charge is 0.337 e. The number of carbonyl (C=O) groups excluding carboxylic acids is 1. The third-order valence-electron chi connectivity index (χ3n) is 5.85. The van der Waals surface area contributed by atoms with Crippen LogP contribution in [-0.4, -0.2) is 28.7 Å². The number of nitrogens with one attached hydrogen (secondary N) is 1. The Morgan fingerprint density at radius 2 is 1.66 bits per heavy atom. The monoisotopic (exact) mass is 429 g/mol. The van der Waals surface area contributed by atoms with Crippen molar-refractivity contribution in [2.75, 3.05) is 11.9 Å². The predicted molar refractivity (Wildman–Crippen MR) is 123 cm³/mol. The lowest BCUT2D eigenvalue weighted by Gasteiger charge is -2.23. The minimum atomic E-state index is -1.14. The SMILES string of the molecule is Cc1c(C)c2c(c(C)c1O)C=C(C(=O)Nc1ccc(-c3ccccc3)cc1C(=O)O)CO2. The van der Waals surface area contributed by atoms with Gasteiger partial charge in [-0.2, -0.15) is 0 Å². The second-order valence-electron chi connectivity index (χ2n) is 7.81. The third kappa shape index (κ3) is 3.71. The second-order valence-corrected chi connectivity index (χ2v) is 7.81. The van der Waals surface area contributed by atoms with Crippen LogP contribution in [0, 0.1) is 20.8 Å². The van der Waals surface area contributed by atoms with E-state index in [-0.39, 0.29) is 23.6 Å². The molecule has 0 saturated carbocycles. The number of phenolic OH excluding ortho intramolecular Hbond substituents is 1. The number of amides is 1. The summed E-state index contributed by atoms with van der Waals surface area (Å²) < 4.78 is 5.84. The Hall–Kier alpha value is -4.06. The van der Waals surface area contributed by atoms with Crippen LogP contribution in [0.4, 0.5) is 5.69 Å². The fourth-order valence-electron chi connectivity index (χ4n) is 3.83. The number of aromatic hydroxyl groups is 1. The molecular formula is C26H23NO5. The number of rotatable bonds is 4. The fourth-order valence-corrected chi connectivity index (χ4v) is 3.83. The van der Waals surface area contributed by atoms with Gasteiger partial charge in [-0.3, -0.25) is 4.79 Å². The molecule has 32 heavy (non-hydrogen) atoms. The molecule has 0 atom stereocenters. The highest BCUT2D eigenvalue weighted by Crippen LogP contribution is 2.40. The molecular weight excluding hydrogens is 406 g/mol. The largest absolute Gasteiger partial charge is 0.507 e. The molecule has 6 heteroatoms. The predicted octanol–water partition coefficient (Wildman–Crippen LogP) is 5.10. The number of aromatic carboxylic acids is 1. The lowest BCUT2D eigenvalue weighted by Crippen LogP contribution is -2.23. The van der Waals surface area contributed by atoms with Crippen LogP contribution >= 0.6 is 0 Å². The molecule has 162 valence electrons. The van der Waals surface area contributed by atoms with Crippen molar-refractivity contribution in [1.29, 1.82) is 0 Å². The van der Waals surface area contributed by atoms with Gasteiger partial charge in [-0.15, -0.1) is 0 Å². The van der Waals surface area contributed by atoms with E-state index in [4.69, 9.17) is 4.74 Å². The van der Waals surface area contributed by atoms with Gasteiger partial charge in [-0.25, -0.2) is 4.79 Å². The molecule has 1 aliphatic heterocycles. The van der Waals surface area contributed by atoms with Gasteiger partial charge in [-0.05, 0) is 61.2 Å². The maximum absolute atomic E-state index is 12.9. The molecule has 3 N–H and O–H groups in total. The highest BCUT2D eigenvalue weighted by molar-refractivity contribution is 6.10. The van der Waals surface area contributed by atoms with Crippen LogP contribution < -0.4 is 10.1 Å². The molecule has 4 rings (SSSR count). The summed E-state index contributed by atoms with van der Waals surface area (Å²) in [5, 5.41) is 22.8. The van der Waals surface area contributed by atoms with Crippen molar-refractivity contribution >= 4 is 23.6 Å². The minimum Gasteiger partial charge on any atom is -0.507 e. The molecule has 1 amide bonds. The summed E-state index contributed by atoms with van der Waals surface area (Å²) >= 11 is 0. The maximum atomic E-state index is 12.9. The number of carbonyl (C=O) groups is 2. The van der Waals surface area contributed by atoms with Gasteiger partial charge in [0.2, 0.25) is 0 Å². The van der Waals surface area contributed by atoms with E-state index in [9.17, 15) is 19.8 Å². The third-order valence-corrected chi connectivity index (χ3v) is 5.85. The van der Waals surface area contributed by atoms with Gasteiger partial charge in [0.1, 0.15) is 18.1 Å². The van der Waals surface area contributed by atoms with Gasteiger partial charge in [-0.1, -0.05) is 36.4 Å². The zero-order valence-corrected chi connectivity index (χ0v) is 18.0. The van der Waals surface area contributed by atoms with E-state index in [1.165, 1.54) is 0 Å². The van der Waals surface area contributed by atoms with Crippen LogP contribution in [0.25, 0.3) is 17.2 Å². The molecule has 0 bridgehead atoms. The molecule has 0 spiro atoms. The first-order valence-corrected chi connectivity index (χ1v) is 10.2. The van der Waals surface area contributed by atoms with Gasteiger partial charge in [0, 0.05) is 11.1 Å². The summed E-state index contributed by atoms with van der Waals surface area (Å²) in [6, 6.07) is 14.3. The van der Waals surface area contributed by atoms with E-state index in [1.807, 2.05) is 44.2 Å². The van der Waals surface area contributed by atoms with E-state index in [0.29, 0.717) is 22.4 Å². The number of carboxylic acid groups (broad SMARTS) is 1. The van der Waals surface area contributed by atoms with Gasteiger partial charge in [0.05, 0.1) is 16.8 Å². The Labute approximate surface area is 185 Å². The van der Waals surface area contributed by atoms with Crippen LogP contribution in [0.3, 0.4) is 0 Å². The molecule has 3 aromatic rings. The first kappa shape index (κ1) is 21.2. The quantitative estimate of drug-likeness (QED) is 0.536. The summed E-state index contributed by atoms with van der Waals surface area (Å²) in [4.78, 5) is 24.8. The van der Waals surface area contributed by atoms with Crippen molar-refractivity contribution in [2.24, 2.45) is 0 Å². The summed E-state index contributed by atoms with van der Waals surface area (Å²) in [5.74, 6) is -0.771. The first-order chi connectivity index (χ1) is 15.3. The van der Waals surface area contributed by atoms with Crippen molar-refractivity contribution in [2.45, 2.75) is 20.8 Å². The number of carboxylic acids is 1. The topological polar surface area (TPSA) is 95.9 Å². The maximum Gasteiger partial charge on any atom is 0.337 e.